The van der Waals surface area contributed by atoms with Gasteiger partial charge in [-0.2, -0.15) is 0 Å². The van der Waals surface area contributed by atoms with Gasteiger partial charge in [0.15, 0.2) is 5.13 Å². The SMILES string of the molecule is CCC(C)c1nc(N2CCn3ccnc3C2)sc1CN. The first-order valence-electron chi connectivity index (χ1n) is 7.17. The summed E-state index contributed by atoms with van der Waals surface area (Å²) in [7, 11) is 0. The van der Waals surface area contributed by atoms with Gasteiger partial charge in [0.25, 0.3) is 0 Å². The fourth-order valence-electron chi connectivity index (χ4n) is 2.55. The average Bonchev–Trinajstić information content (AvgIpc) is 3.11. The van der Waals surface area contributed by atoms with Gasteiger partial charge in [-0.15, -0.1) is 11.3 Å². The highest BCUT2D eigenvalue weighted by atomic mass is 32.1. The van der Waals surface area contributed by atoms with E-state index < -0.39 is 0 Å². The van der Waals surface area contributed by atoms with Crippen molar-refractivity contribution in [1.82, 2.24) is 14.5 Å². The summed E-state index contributed by atoms with van der Waals surface area (Å²) in [5.74, 6) is 1.59. The zero-order valence-electron chi connectivity index (χ0n) is 12.0. The molecule has 0 aliphatic carbocycles. The second-order valence-corrected chi connectivity index (χ2v) is 6.34. The maximum atomic E-state index is 5.88. The molecule has 1 aliphatic heterocycles. The molecule has 2 N–H and O–H groups in total. The number of fused-ring (bicyclic) bond motifs is 1. The smallest absolute Gasteiger partial charge is 0.186 e. The topological polar surface area (TPSA) is 60.0 Å². The molecule has 0 bridgehead atoms. The maximum Gasteiger partial charge on any atom is 0.186 e. The van der Waals surface area contributed by atoms with E-state index in [4.69, 9.17) is 10.7 Å². The number of thiazole rings is 1. The lowest BCUT2D eigenvalue weighted by atomic mass is 10.0. The van der Waals surface area contributed by atoms with Gasteiger partial charge in [0.05, 0.1) is 12.2 Å². The van der Waals surface area contributed by atoms with Crippen LogP contribution in [0.15, 0.2) is 12.4 Å². The molecule has 20 heavy (non-hydrogen) atoms. The monoisotopic (exact) mass is 291 g/mol. The van der Waals surface area contributed by atoms with Crippen molar-refractivity contribution in [3.05, 3.63) is 28.8 Å². The molecule has 0 amide bonds. The Bertz CT molecular complexity index is 588. The zero-order valence-corrected chi connectivity index (χ0v) is 12.9. The summed E-state index contributed by atoms with van der Waals surface area (Å²) >= 11 is 1.74. The number of nitrogens with zero attached hydrogens (tertiary/aromatic N) is 4. The van der Waals surface area contributed by atoms with Gasteiger partial charge in [0.1, 0.15) is 5.82 Å². The van der Waals surface area contributed by atoms with Crippen molar-refractivity contribution >= 4 is 16.5 Å². The van der Waals surface area contributed by atoms with Gasteiger partial charge in [0, 0.05) is 36.9 Å². The van der Waals surface area contributed by atoms with Crippen LogP contribution in [-0.4, -0.2) is 21.1 Å². The first kappa shape index (κ1) is 13.6. The Morgan fingerprint density at radius 3 is 3.05 bits per heavy atom. The van der Waals surface area contributed by atoms with Gasteiger partial charge in [0.2, 0.25) is 0 Å². The second kappa shape index (κ2) is 5.54. The zero-order chi connectivity index (χ0) is 14.1. The maximum absolute atomic E-state index is 5.88. The molecule has 3 heterocycles. The summed E-state index contributed by atoms with van der Waals surface area (Å²) in [6, 6.07) is 0. The van der Waals surface area contributed by atoms with E-state index in [2.05, 4.69) is 28.3 Å². The van der Waals surface area contributed by atoms with E-state index in [-0.39, 0.29) is 0 Å². The predicted octanol–water partition coefficient (Wildman–Crippen LogP) is 2.33. The fraction of sp³-hybridized carbons (Fsp3) is 0.571. The molecule has 1 unspecified atom stereocenters. The molecule has 6 heteroatoms. The lowest BCUT2D eigenvalue weighted by Gasteiger charge is -2.27. The first-order chi connectivity index (χ1) is 9.72. The Morgan fingerprint density at radius 1 is 1.45 bits per heavy atom. The molecule has 2 aromatic heterocycles. The van der Waals surface area contributed by atoms with Crippen LogP contribution in [0.1, 0.15) is 42.6 Å². The number of anilines is 1. The minimum absolute atomic E-state index is 0.477. The molecule has 3 rings (SSSR count). The van der Waals surface area contributed by atoms with Crippen LogP contribution in [0.25, 0.3) is 0 Å². The Hall–Kier alpha value is -1.40. The van der Waals surface area contributed by atoms with Crippen LogP contribution in [-0.2, 0) is 19.6 Å². The quantitative estimate of drug-likeness (QED) is 0.939. The molecule has 1 atom stereocenters. The minimum Gasteiger partial charge on any atom is -0.339 e. The normalized spacial score (nSPS) is 16.2. The van der Waals surface area contributed by atoms with Crippen LogP contribution >= 0.6 is 11.3 Å². The average molecular weight is 291 g/mol. The van der Waals surface area contributed by atoms with Crippen molar-refractivity contribution in [1.29, 1.82) is 0 Å². The summed E-state index contributed by atoms with van der Waals surface area (Å²) in [6.45, 7) is 7.80. The molecule has 0 spiro atoms. The van der Waals surface area contributed by atoms with Gasteiger partial charge in [-0.3, -0.25) is 0 Å². The summed E-state index contributed by atoms with van der Waals surface area (Å²) in [5.41, 5.74) is 7.07. The summed E-state index contributed by atoms with van der Waals surface area (Å²) in [5, 5.41) is 1.09. The third kappa shape index (κ3) is 2.33. The van der Waals surface area contributed by atoms with E-state index in [0.29, 0.717) is 12.5 Å². The highest BCUT2D eigenvalue weighted by Gasteiger charge is 2.22. The molecule has 0 radical (unpaired) electrons. The first-order valence-corrected chi connectivity index (χ1v) is 7.99. The predicted molar refractivity (Wildman–Crippen MR) is 82.0 cm³/mol. The highest BCUT2D eigenvalue weighted by molar-refractivity contribution is 7.15. The van der Waals surface area contributed by atoms with Gasteiger partial charge < -0.3 is 15.2 Å². The number of hydrogen-bond donors (Lipinski definition) is 1. The summed E-state index contributed by atoms with van der Waals surface area (Å²) < 4.78 is 2.21. The van der Waals surface area contributed by atoms with Gasteiger partial charge in [-0.05, 0) is 12.3 Å². The van der Waals surface area contributed by atoms with E-state index in [9.17, 15) is 0 Å². The fourth-order valence-corrected chi connectivity index (χ4v) is 3.63. The highest BCUT2D eigenvalue weighted by Crippen LogP contribution is 2.33. The van der Waals surface area contributed by atoms with Crippen LogP contribution in [0.3, 0.4) is 0 Å². The molecule has 108 valence electrons. The van der Waals surface area contributed by atoms with Crippen molar-refractivity contribution in [2.75, 3.05) is 11.4 Å². The number of rotatable bonds is 4. The number of nitrogens with two attached hydrogens (primary N) is 1. The second-order valence-electron chi connectivity index (χ2n) is 5.28. The molecule has 2 aromatic rings. The number of hydrogen-bond acceptors (Lipinski definition) is 5. The Morgan fingerprint density at radius 2 is 2.30 bits per heavy atom. The summed E-state index contributed by atoms with van der Waals surface area (Å²) in [4.78, 5) is 12.8. The van der Waals surface area contributed by atoms with Crippen molar-refractivity contribution in [3.8, 4) is 0 Å². The van der Waals surface area contributed by atoms with E-state index >= 15 is 0 Å². The van der Waals surface area contributed by atoms with E-state index in [0.717, 1.165) is 37.0 Å². The number of imidazole rings is 1. The Labute approximate surface area is 123 Å². The van der Waals surface area contributed by atoms with Crippen molar-refractivity contribution < 1.29 is 0 Å². The van der Waals surface area contributed by atoms with E-state index in [1.54, 1.807) is 11.3 Å². The van der Waals surface area contributed by atoms with Gasteiger partial charge in [-0.25, -0.2) is 9.97 Å². The summed E-state index contributed by atoms with van der Waals surface area (Å²) in [6.07, 6.45) is 5.02. The molecule has 1 aliphatic rings. The Kier molecular flexibility index (Phi) is 3.76. The Balaban J connectivity index is 1.86. The van der Waals surface area contributed by atoms with Crippen LogP contribution in [0.4, 0.5) is 5.13 Å². The largest absolute Gasteiger partial charge is 0.339 e. The third-order valence-corrected chi connectivity index (χ3v) is 5.15. The molecule has 0 saturated carbocycles. The lowest BCUT2D eigenvalue weighted by molar-refractivity contribution is 0.558. The van der Waals surface area contributed by atoms with Crippen LogP contribution in [0.5, 0.6) is 0 Å². The van der Waals surface area contributed by atoms with E-state index in [1.807, 2.05) is 12.4 Å². The molecular formula is C14H21N5S. The van der Waals surface area contributed by atoms with Crippen LogP contribution in [0.2, 0.25) is 0 Å². The molecule has 0 aromatic carbocycles. The minimum atomic E-state index is 0.477. The standard InChI is InChI=1S/C14H21N5S/c1-3-10(2)13-11(8-15)20-14(17-13)19-7-6-18-5-4-16-12(18)9-19/h4-5,10H,3,6-9,15H2,1-2H3. The van der Waals surface area contributed by atoms with Gasteiger partial charge >= 0.3 is 0 Å². The lowest BCUT2D eigenvalue weighted by Crippen LogP contribution is -2.33. The molecular weight excluding hydrogens is 270 g/mol. The van der Waals surface area contributed by atoms with Crippen molar-refractivity contribution in [2.45, 2.75) is 45.8 Å². The molecule has 0 saturated heterocycles. The van der Waals surface area contributed by atoms with Crippen molar-refractivity contribution in [3.63, 3.8) is 0 Å². The number of aromatic nitrogens is 3. The van der Waals surface area contributed by atoms with Crippen LogP contribution in [0, 0.1) is 0 Å². The molecule has 5 nitrogen and oxygen atoms in total. The van der Waals surface area contributed by atoms with Crippen LogP contribution < -0.4 is 10.6 Å². The van der Waals surface area contributed by atoms with E-state index in [1.165, 1.54) is 10.6 Å². The van der Waals surface area contributed by atoms with Gasteiger partial charge in [-0.1, -0.05) is 13.8 Å². The third-order valence-electron chi connectivity index (χ3n) is 4.00. The molecule has 0 fully saturated rings. The van der Waals surface area contributed by atoms with Crippen molar-refractivity contribution in [2.24, 2.45) is 5.73 Å².